The lowest BCUT2D eigenvalue weighted by molar-refractivity contribution is -0.137. The number of amides is 2. The molecule has 0 spiro atoms. The molecule has 1 unspecified atom stereocenters. The maximum absolute atomic E-state index is 14.6. The number of nitrogens with zero attached hydrogens (tertiary/aromatic N) is 4. The van der Waals surface area contributed by atoms with Gasteiger partial charge in [0.15, 0.2) is 30.3 Å². The van der Waals surface area contributed by atoms with E-state index in [9.17, 15) is 27.7 Å². The van der Waals surface area contributed by atoms with Crippen LogP contribution in [0.5, 0.6) is 23.0 Å². The largest absolute Gasteiger partial charge is 0.493 e. The van der Waals surface area contributed by atoms with Gasteiger partial charge in [-0.05, 0) is 25.6 Å². The van der Waals surface area contributed by atoms with Crippen molar-refractivity contribution in [1.29, 1.82) is 0 Å². The van der Waals surface area contributed by atoms with Crippen LogP contribution in [0.2, 0.25) is 0 Å². The summed E-state index contributed by atoms with van der Waals surface area (Å²) in [4.78, 5) is 45.2. The van der Waals surface area contributed by atoms with E-state index in [1.165, 1.54) is 25.2 Å². The number of methoxy groups -OCH3 is 2. The molecule has 6 rings (SSSR count). The minimum Gasteiger partial charge on any atom is -0.493 e. The summed E-state index contributed by atoms with van der Waals surface area (Å²) < 4.78 is 67.6. The molecule has 4 aliphatic heterocycles. The monoisotopic (exact) mass is 747 g/mol. The minimum atomic E-state index is -3.24. The lowest BCUT2D eigenvalue weighted by atomic mass is 10.1. The fraction of sp³-hybridized carbons (Fsp3) is 0.543. The molecule has 2 aromatic rings. The van der Waals surface area contributed by atoms with Crippen LogP contribution < -0.4 is 24.3 Å². The molecule has 0 radical (unpaired) electrons. The van der Waals surface area contributed by atoms with Gasteiger partial charge in [-0.2, -0.15) is 0 Å². The first-order valence-electron chi connectivity index (χ1n) is 17.3. The smallest absolute Gasteiger partial charge is 0.303 e. The molecule has 0 aliphatic carbocycles. The Morgan fingerprint density at radius 3 is 2.23 bits per heavy atom. The normalized spacial score (nSPS) is 23.1. The number of hydrogen-bond acceptors (Lipinski definition) is 10. The number of aliphatic carboxylic acids is 1. The van der Waals surface area contributed by atoms with Gasteiger partial charge in [0.25, 0.3) is 11.8 Å². The second-order valence-electron chi connectivity index (χ2n) is 13.4. The number of fused-ring (bicyclic) bond motifs is 4. The second-order valence-corrected chi connectivity index (χ2v) is 16.7. The summed E-state index contributed by atoms with van der Waals surface area (Å²) in [7, 11) is 1.31. The maximum Gasteiger partial charge on any atom is 0.303 e. The fourth-order valence-corrected chi connectivity index (χ4v) is 9.30. The highest BCUT2D eigenvalue weighted by molar-refractivity contribution is 7.61. The molecule has 0 saturated carbocycles. The molecule has 0 aromatic heterocycles. The van der Waals surface area contributed by atoms with Crippen molar-refractivity contribution in [3.05, 3.63) is 35.4 Å². The minimum absolute atomic E-state index is 0.00167. The number of nitrogens with one attached hydrogen (secondary N) is 1. The molecule has 2 aromatic carbocycles. The molecule has 17 heteroatoms. The van der Waals surface area contributed by atoms with Crippen LogP contribution in [0.4, 0.5) is 20.2 Å². The van der Waals surface area contributed by atoms with Crippen molar-refractivity contribution in [2.75, 3.05) is 78.3 Å². The van der Waals surface area contributed by atoms with E-state index in [1.54, 1.807) is 41.0 Å². The molecule has 2 N–H and O–H groups in total. The highest BCUT2D eigenvalue weighted by Crippen LogP contribution is 2.49. The van der Waals surface area contributed by atoms with E-state index < -0.39 is 31.6 Å². The number of halogens is 2. The summed E-state index contributed by atoms with van der Waals surface area (Å²) in [6.45, 7) is 0.655. The van der Waals surface area contributed by atoms with Crippen molar-refractivity contribution >= 4 is 42.7 Å². The van der Waals surface area contributed by atoms with Gasteiger partial charge in [0.2, 0.25) is 0 Å². The highest BCUT2D eigenvalue weighted by Gasteiger charge is 2.40. The molecule has 4 aliphatic rings. The molecule has 52 heavy (non-hydrogen) atoms. The number of carbonyl (C=O) groups excluding carboxylic acids is 2. The number of hydrogen-bond donors (Lipinski definition) is 2. The third kappa shape index (κ3) is 7.82. The Morgan fingerprint density at radius 2 is 1.56 bits per heavy atom. The summed E-state index contributed by atoms with van der Waals surface area (Å²) in [5.41, 5.74) is 1.49. The van der Waals surface area contributed by atoms with Crippen LogP contribution in [-0.4, -0.2) is 141 Å². The van der Waals surface area contributed by atoms with Crippen LogP contribution in [0.1, 0.15) is 46.4 Å². The quantitative estimate of drug-likeness (QED) is 0.248. The number of ether oxygens (including phenoxy) is 4. The third-order valence-corrected chi connectivity index (χ3v) is 13.2. The number of carboxylic acid groups (broad SMARTS) is 1. The number of carbonyl (C=O) groups is 3. The number of aliphatic imine (C=N–C) groups is 1. The molecular formula is C35H44F2N5O9P. The molecule has 14 nitrogen and oxygen atoms in total. The summed E-state index contributed by atoms with van der Waals surface area (Å²) in [5, 5.41) is 12.4. The van der Waals surface area contributed by atoms with E-state index in [-0.39, 0.29) is 112 Å². The van der Waals surface area contributed by atoms with E-state index in [0.717, 1.165) is 0 Å². The number of anilines is 1. The number of carboxylic acids is 1. The Bertz CT molecular complexity index is 1780. The standard InChI is InChI=1S/C35H44F2N5O9P/c1-40(6-4-5-33(43)44)52(47,9-7-50-31-15-27-25(13-29(31)48-2)34(45)41-19-21(36)11-23(41)17-38-27)10-8-51-32-16-28-26(14-30(32)49-3)35(46)42-20-22(37)12-24(42)18-39-28/h13-17,21-24,39H,4-12,18-20H2,1-3H3,(H,43,44)/t21-,22-,23+,24+,52?/m1/s1. The summed E-state index contributed by atoms with van der Waals surface area (Å²) >= 11 is 0. The summed E-state index contributed by atoms with van der Waals surface area (Å²) in [6.07, 6.45) is 0.163. The van der Waals surface area contributed by atoms with Crippen molar-refractivity contribution in [2.24, 2.45) is 4.99 Å². The van der Waals surface area contributed by atoms with Crippen molar-refractivity contribution in [3.8, 4) is 23.0 Å². The van der Waals surface area contributed by atoms with Crippen LogP contribution in [0.25, 0.3) is 0 Å². The van der Waals surface area contributed by atoms with Crippen LogP contribution in [0.15, 0.2) is 29.3 Å². The lowest BCUT2D eigenvalue weighted by Gasteiger charge is -2.29. The van der Waals surface area contributed by atoms with E-state index in [1.807, 2.05) is 0 Å². The van der Waals surface area contributed by atoms with Gasteiger partial charge in [-0.25, -0.2) is 8.78 Å². The zero-order valence-corrected chi connectivity index (χ0v) is 30.3. The Hall–Kier alpha value is -4.43. The van der Waals surface area contributed by atoms with Gasteiger partial charge in [0, 0.05) is 63.0 Å². The molecule has 0 bridgehead atoms. The van der Waals surface area contributed by atoms with Crippen LogP contribution in [0.3, 0.4) is 0 Å². The summed E-state index contributed by atoms with van der Waals surface area (Å²) in [5.74, 6) is -0.428. The Kier molecular flexibility index (Phi) is 11.2. The maximum atomic E-state index is 14.6. The average Bonchev–Trinajstić information content (AvgIpc) is 3.63. The Labute approximate surface area is 300 Å². The summed E-state index contributed by atoms with van der Waals surface area (Å²) in [6, 6.07) is 5.60. The number of alkyl halides is 2. The van der Waals surface area contributed by atoms with Crippen molar-refractivity contribution < 1.29 is 51.8 Å². The molecule has 2 saturated heterocycles. The zero-order valence-electron chi connectivity index (χ0n) is 29.4. The van der Waals surface area contributed by atoms with Gasteiger partial charge >= 0.3 is 5.97 Å². The predicted octanol–water partition coefficient (Wildman–Crippen LogP) is 4.48. The molecule has 4 heterocycles. The van der Waals surface area contributed by atoms with E-state index >= 15 is 0 Å². The lowest BCUT2D eigenvalue weighted by Crippen LogP contribution is -2.37. The molecule has 5 atom stereocenters. The third-order valence-electron chi connectivity index (χ3n) is 10.0. The fourth-order valence-electron chi connectivity index (χ4n) is 7.14. The van der Waals surface area contributed by atoms with Gasteiger partial charge in [0.05, 0.1) is 75.1 Å². The van der Waals surface area contributed by atoms with Gasteiger partial charge in [-0.15, -0.1) is 0 Å². The first-order chi connectivity index (χ1) is 24.9. The van der Waals surface area contributed by atoms with Gasteiger partial charge in [0.1, 0.15) is 12.3 Å². The molecule has 2 fully saturated rings. The van der Waals surface area contributed by atoms with Crippen molar-refractivity contribution in [2.45, 2.75) is 50.1 Å². The Balaban J connectivity index is 1.15. The van der Waals surface area contributed by atoms with E-state index in [2.05, 4.69) is 10.3 Å². The first kappa shape index (κ1) is 37.3. The first-order valence-corrected chi connectivity index (χ1v) is 19.3. The van der Waals surface area contributed by atoms with Crippen LogP contribution in [-0.2, 0) is 9.36 Å². The van der Waals surface area contributed by atoms with E-state index in [4.69, 9.17) is 24.1 Å². The highest BCUT2D eigenvalue weighted by atomic mass is 31.2. The second kappa shape index (κ2) is 15.7. The van der Waals surface area contributed by atoms with Gasteiger partial charge in [-0.3, -0.25) is 24.0 Å². The molecular weight excluding hydrogens is 703 g/mol. The van der Waals surface area contributed by atoms with Crippen molar-refractivity contribution in [3.63, 3.8) is 0 Å². The number of rotatable bonds is 15. The van der Waals surface area contributed by atoms with Gasteiger partial charge in [-0.1, -0.05) is 0 Å². The van der Waals surface area contributed by atoms with Gasteiger partial charge < -0.3 is 43.7 Å². The average molecular weight is 748 g/mol. The zero-order chi connectivity index (χ0) is 37.2. The number of benzene rings is 2. The molecule has 2 amide bonds. The predicted molar refractivity (Wildman–Crippen MR) is 189 cm³/mol. The van der Waals surface area contributed by atoms with Crippen LogP contribution >= 0.6 is 7.29 Å². The SMILES string of the molecule is COc1cc2c(cc1OCCP(=O)(CCOc1cc3c(cc1OC)C(=O)N1C[C@H](F)C[C@H]1CN3)N(C)CCCC(=O)O)N=C[C@@H]1C[C@@H](F)CN1C2=O. The van der Waals surface area contributed by atoms with Crippen LogP contribution in [0, 0.1) is 0 Å². The van der Waals surface area contributed by atoms with E-state index in [0.29, 0.717) is 29.2 Å². The topological polar surface area (TPSA) is 160 Å². The molecule has 282 valence electrons. The van der Waals surface area contributed by atoms with Crippen molar-refractivity contribution in [1.82, 2.24) is 14.5 Å². The Morgan fingerprint density at radius 1 is 0.942 bits per heavy atom.